The molecule has 4 heteroatoms. The first-order valence-corrected chi connectivity index (χ1v) is 6.76. The zero-order valence-corrected chi connectivity index (χ0v) is 12.8. The molecule has 1 aromatic carbocycles. The van der Waals surface area contributed by atoms with E-state index in [-0.39, 0.29) is 12.4 Å². The van der Waals surface area contributed by atoms with Gasteiger partial charge in [-0.15, -0.1) is 12.4 Å². The number of hydrogen-bond acceptors (Lipinski definition) is 3. The van der Waals surface area contributed by atoms with Crippen molar-refractivity contribution < 1.29 is 9.47 Å². The first-order valence-electron chi connectivity index (χ1n) is 6.76. The molecule has 0 bridgehead atoms. The maximum atomic E-state index is 5.51. The Kier molecular flexibility index (Phi) is 6.46. The Morgan fingerprint density at radius 2 is 2.05 bits per heavy atom. The molecule has 0 aromatic heterocycles. The van der Waals surface area contributed by atoms with Crippen molar-refractivity contribution in [2.75, 3.05) is 20.8 Å². The molecule has 0 saturated heterocycles. The lowest BCUT2D eigenvalue weighted by atomic mass is 9.87. The summed E-state index contributed by atoms with van der Waals surface area (Å²) in [5.41, 5.74) is 2.72. The monoisotopic (exact) mass is 285 g/mol. The lowest BCUT2D eigenvalue weighted by Gasteiger charge is -2.27. The quantitative estimate of drug-likeness (QED) is 0.902. The highest BCUT2D eigenvalue weighted by Gasteiger charge is 2.22. The molecule has 0 amide bonds. The maximum Gasteiger partial charge on any atom is 0.164 e. The lowest BCUT2D eigenvalue weighted by Crippen LogP contribution is -2.35. The van der Waals surface area contributed by atoms with E-state index in [1.807, 2.05) is 6.07 Å². The predicted molar refractivity (Wildman–Crippen MR) is 80.9 cm³/mol. The molecular weight excluding hydrogens is 262 g/mol. The Labute approximate surface area is 122 Å². The molecule has 1 atom stereocenters. The van der Waals surface area contributed by atoms with E-state index in [1.165, 1.54) is 24.0 Å². The van der Waals surface area contributed by atoms with Gasteiger partial charge >= 0.3 is 0 Å². The molecule has 1 aliphatic carbocycles. The van der Waals surface area contributed by atoms with Crippen molar-refractivity contribution in [1.82, 2.24) is 5.32 Å². The highest BCUT2D eigenvalue weighted by atomic mass is 35.5. The molecule has 3 nitrogen and oxygen atoms in total. The van der Waals surface area contributed by atoms with Crippen LogP contribution in [-0.2, 0) is 12.8 Å². The minimum Gasteiger partial charge on any atom is -0.493 e. The summed E-state index contributed by atoms with van der Waals surface area (Å²) in [6.45, 7) is 3.31. The van der Waals surface area contributed by atoms with Crippen LogP contribution in [0, 0.1) is 0 Å². The first kappa shape index (κ1) is 16.1. The molecule has 1 aliphatic rings. The SMILES string of the molecule is CCCNC1CCc2c(ccc(OC)c2OC)C1.Cl. The highest BCUT2D eigenvalue weighted by Crippen LogP contribution is 2.37. The number of methoxy groups -OCH3 is 2. The number of benzene rings is 1. The molecule has 0 heterocycles. The Morgan fingerprint density at radius 3 is 2.68 bits per heavy atom. The molecule has 19 heavy (non-hydrogen) atoms. The van der Waals surface area contributed by atoms with E-state index in [4.69, 9.17) is 9.47 Å². The van der Waals surface area contributed by atoms with E-state index in [0.29, 0.717) is 6.04 Å². The van der Waals surface area contributed by atoms with Gasteiger partial charge in [0.15, 0.2) is 11.5 Å². The fourth-order valence-electron chi connectivity index (χ4n) is 2.71. The van der Waals surface area contributed by atoms with Crippen LogP contribution < -0.4 is 14.8 Å². The molecule has 1 N–H and O–H groups in total. The predicted octanol–water partition coefficient (Wildman–Crippen LogP) is 2.98. The second-order valence-electron chi connectivity index (χ2n) is 4.83. The van der Waals surface area contributed by atoms with Crippen LogP contribution in [-0.4, -0.2) is 26.8 Å². The maximum absolute atomic E-state index is 5.51. The van der Waals surface area contributed by atoms with Crippen molar-refractivity contribution in [3.63, 3.8) is 0 Å². The Balaban J connectivity index is 0.00000180. The number of fused-ring (bicyclic) bond motifs is 1. The van der Waals surface area contributed by atoms with Crippen LogP contribution in [0.4, 0.5) is 0 Å². The average molecular weight is 286 g/mol. The normalized spacial score (nSPS) is 17.3. The van der Waals surface area contributed by atoms with Gasteiger partial charge in [-0.25, -0.2) is 0 Å². The minimum absolute atomic E-state index is 0. The van der Waals surface area contributed by atoms with Crippen LogP contribution in [0.1, 0.15) is 30.9 Å². The fraction of sp³-hybridized carbons (Fsp3) is 0.600. The second-order valence-corrected chi connectivity index (χ2v) is 4.83. The smallest absolute Gasteiger partial charge is 0.164 e. The van der Waals surface area contributed by atoms with Gasteiger partial charge in [-0.05, 0) is 43.9 Å². The van der Waals surface area contributed by atoms with Gasteiger partial charge in [0.25, 0.3) is 0 Å². The second kappa shape index (κ2) is 7.61. The van der Waals surface area contributed by atoms with Crippen molar-refractivity contribution in [3.8, 4) is 11.5 Å². The van der Waals surface area contributed by atoms with Crippen molar-refractivity contribution in [2.45, 2.75) is 38.6 Å². The van der Waals surface area contributed by atoms with Gasteiger partial charge in [-0.3, -0.25) is 0 Å². The van der Waals surface area contributed by atoms with Crippen LogP contribution in [0.25, 0.3) is 0 Å². The third kappa shape index (κ3) is 3.54. The van der Waals surface area contributed by atoms with Crippen LogP contribution in [0.2, 0.25) is 0 Å². The summed E-state index contributed by atoms with van der Waals surface area (Å²) >= 11 is 0. The number of nitrogens with one attached hydrogen (secondary N) is 1. The van der Waals surface area contributed by atoms with E-state index in [0.717, 1.165) is 30.9 Å². The third-order valence-electron chi connectivity index (χ3n) is 3.64. The van der Waals surface area contributed by atoms with E-state index < -0.39 is 0 Å². The van der Waals surface area contributed by atoms with Gasteiger partial charge in [0, 0.05) is 11.6 Å². The summed E-state index contributed by atoms with van der Waals surface area (Å²) in [6, 6.07) is 4.80. The van der Waals surface area contributed by atoms with Gasteiger partial charge < -0.3 is 14.8 Å². The summed E-state index contributed by atoms with van der Waals surface area (Å²) in [6.07, 6.45) is 4.53. The molecule has 2 rings (SSSR count). The average Bonchev–Trinajstić information content (AvgIpc) is 2.43. The summed E-state index contributed by atoms with van der Waals surface area (Å²) in [5, 5.41) is 3.61. The summed E-state index contributed by atoms with van der Waals surface area (Å²) in [7, 11) is 3.41. The third-order valence-corrected chi connectivity index (χ3v) is 3.64. The largest absolute Gasteiger partial charge is 0.493 e. The van der Waals surface area contributed by atoms with E-state index in [9.17, 15) is 0 Å². The molecule has 0 fully saturated rings. The van der Waals surface area contributed by atoms with Crippen molar-refractivity contribution in [2.24, 2.45) is 0 Å². The van der Waals surface area contributed by atoms with Gasteiger partial charge in [-0.1, -0.05) is 13.0 Å². The number of hydrogen-bond donors (Lipinski definition) is 1. The molecular formula is C15H24ClNO2. The molecule has 1 unspecified atom stereocenters. The topological polar surface area (TPSA) is 30.5 Å². The number of halogens is 1. The van der Waals surface area contributed by atoms with E-state index in [2.05, 4.69) is 18.3 Å². The molecule has 1 aromatic rings. The van der Waals surface area contributed by atoms with Crippen LogP contribution in [0.5, 0.6) is 11.5 Å². The van der Waals surface area contributed by atoms with E-state index in [1.54, 1.807) is 14.2 Å². The summed E-state index contributed by atoms with van der Waals surface area (Å²) in [5.74, 6) is 1.76. The molecule has 0 radical (unpaired) electrons. The van der Waals surface area contributed by atoms with Crippen LogP contribution >= 0.6 is 12.4 Å². The molecule has 0 saturated carbocycles. The Bertz CT molecular complexity index is 409. The lowest BCUT2D eigenvalue weighted by molar-refractivity contribution is 0.346. The first-order chi connectivity index (χ1) is 8.80. The van der Waals surface area contributed by atoms with Crippen molar-refractivity contribution in [3.05, 3.63) is 23.3 Å². The zero-order valence-electron chi connectivity index (χ0n) is 12.0. The van der Waals surface area contributed by atoms with Gasteiger partial charge in [0.1, 0.15) is 0 Å². The van der Waals surface area contributed by atoms with Crippen LogP contribution in [0.15, 0.2) is 12.1 Å². The molecule has 0 spiro atoms. The van der Waals surface area contributed by atoms with Gasteiger partial charge in [-0.2, -0.15) is 0 Å². The van der Waals surface area contributed by atoms with Crippen molar-refractivity contribution in [1.29, 1.82) is 0 Å². The van der Waals surface area contributed by atoms with Gasteiger partial charge in [0.2, 0.25) is 0 Å². The highest BCUT2D eigenvalue weighted by molar-refractivity contribution is 5.85. The zero-order chi connectivity index (χ0) is 13.0. The molecule has 108 valence electrons. The summed E-state index contributed by atoms with van der Waals surface area (Å²) < 4.78 is 10.9. The summed E-state index contributed by atoms with van der Waals surface area (Å²) in [4.78, 5) is 0. The minimum atomic E-state index is 0. The molecule has 0 aliphatic heterocycles. The Morgan fingerprint density at radius 1 is 1.26 bits per heavy atom. The fourth-order valence-corrected chi connectivity index (χ4v) is 2.71. The Hall–Kier alpha value is -0.930. The van der Waals surface area contributed by atoms with Crippen molar-refractivity contribution >= 4 is 12.4 Å². The number of ether oxygens (including phenoxy) is 2. The van der Waals surface area contributed by atoms with E-state index >= 15 is 0 Å². The van der Waals surface area contributed by atoms with Crippen LogP contribution in [0.3, 0.4) is 0 Å². The number of rotatable bonds is 5. The standard InChI is InChI=1S/C15H23NO2.ClH/c1-4-9-16-12-6-7-13-11(10-12)5-8-14(17-2)15(13)18-3;/h5,8,12,16H,4,6-7,9-10H2,1-3H3;1H. The van der Waals surface area contributed by atoms with Gasteiger partial charge in [0.05, 0.1) is 14.2 Å².